The van der Waals surface area contributed by atoms with Crippen LogP contribution >= 0.6 is 15.9 Å². The molecule has 1 amide bonds. The summed E-state index contributed by atoms with van der Waals surface area (Å²) >= 11 is 3.21. The molecule has 0 bridgehead atoms. The van der Waals surface area contributed by atoms with Crippen molar-refractivity contribution in [1.29, 1.82) is 5.26 Å². The van der Waals surface area contributed by atoms with Crippen LogP contribution in [0.3, 0.4) is 0 Å². The van der Waals surface area contributed by atoms with Crippen molar-refractivity contribution in [1.82, 2.24) is 4.57 Å². The zero-order valence-corrected chi connectivity index (χ0v) is 17.9. The number of carbonyl (C=O) groups excluding carboxylic acids is 2. The van der Waals surface area contributed by atoms with E-state index in [9.17, 15) is 20.0 Å². The van der Waals surface area contributed by atoms with Crippen molar-refractivity contribution in [2.45, 2.75) is 13.8 Å². The Kier molecular flexibility index (Phi) is 6.23. The van der Waals surface area contributed by atoms with Gasteiger partial charge in [0.1, 0.15) is 23.2 Å². The quantitative estimate of drug-likeness (QED) is 0.546. The van der Waals surface area contributed by atoms with Crippen LogP contribution in [-0.2, 0) is 9.53 Å². The third-order valence-corrected chi connectivity index (χ3v) is 5.10. The summed E-state index contributed by atoms with van der Waals surface area (Å²) in [5.74, 6) is -1.39. The summed E-state index contributed by atoms with van der Waals surface area (Å²) in [6.07, 6.45) is 0. The number of para-hydroxylation sites is 1. The molecular formula is C22H18BrN3O4. The molecule has 0 radical (unpaired) electrons. The highest BCUT2D eigenvalue weighted by atomic mass is 79.9. The summed E-state index contributed by atoms with van der Waals surface area (Å²) in [6.45, 7) is 3.08. The molecule has 1 heterocycles. The van der Waals surface area contributed by atoms with Gasteiger partial charge in [-0.25, -0.2) is 4.79 Å². The molecule has 7 nitrogen and oxygen atoms in total. The van der Waals surface area contributed by atoms with E-state index >= 15 is 0 Å². The van der Waals surface area contributed by atoms with Crippen LogP contribution in [-0.4, -0.2) is 28.2 Å². The highest BCUT2D eigenvalue weighted by Crippen LogP contribution is 2.30. The molecule has 3 aromatic rings. The minimum atomic E-state index is -0.838. The topological polar surface area (TPSA) is 104 Å². The maximum atomic E-state index is 12.5. The smallest absolute Gasteiger partial charge is 0.342 e. The molecule has 1 aromatic heterocycles. The normalized spacial score (nSPS) is 10.3. The van der Waals surface area contributed by atoms with Crippen LogP contribution in [0.15, 0.2) is 53.0 Å². The summed E-state index contributed by atoms with van der Waals surface area (Å²) in [5, 5.41) is 22.1. The number of nitriles is 1. The predicted octanol–water partition coefficient (Wildman–Crippen LogP) is 4.23. The fourth-order valence-corrected chi connectivity index (χ4v) is 3.37. The van der Waals surface area contributed by atoms with Crippen LogP contribution in [0.1, 0.15) is 27.2 Å². The Morgan fingerprint density at radius 2 is 1.90 bits per heavy atom. The second kappa shape index (κ2) is 8.84. The first-order valence-electron chi connectivity index (χ1n) is 8.96. The monoisotopic (exact) mass is 467 g/mol. The minimum Gasteiger partial charge on any atom is -0.507 e. The molecule has 0 fully saturated rings. The number of esters is 1. The maximum absolute atomic E-state index is 12.5. The van der Waals surface area contributed by atoms with Crippen molar-refractivity contribution in [2.75, 3.05) is 11.9 Å². The zero-order valence-electron chi connectivity index (χ0n) is 16.3. The Balaban J connectivity index is 1.82. The standard InChI is InChI=1S/C22H18BrN3O4/c1-13-14(2)26(16-6-4-3-5-7-16)21(18(13)11-24)25-20(28)12-30-22(29)17-10-15(23)8-9-19(17)27/h3-10,27H,12H2,1-2H3,(H,25,28). The van der Waals surface area contributed by atoms with Gasteiger partial charge in [0.2, 0.25) is 0 Å². The molecule has 0 aliphatic carbocycles. The number of carbonyl (C=O) groups is 2. The van der Waals surface area contributed by atoms with Crippen LogP contribution in [0, 0.1) is 25.2 Å². The van der Waals surface area contributed by atoms with Gasteiger partial charge in [0.05, 0.1) is 5.56 Å². The molecule has 30 heavy (non-hydrogen) atoms. The highest BCUT2D eigenvalue weighted by Gasteiger charge is 2.21. The van der Waals surface area contributed by atoms with E-state index in [4.69, 9.17) is 4.74 Å². The number of ether oxygens (including phenoxy) is 1. The fraction of sp³-hybridized carbons (Fsp3) is 0.136. The minimum absolute atomic E-state index is 0.0609. The molecule has 0 saturated carbocycles. The lowest BCUT2D eigenvalue weighted by Gasteiger charge is -2.13. The number of hydrogen-bond donors (Lipinski definition) is 2. The van der Waals surface area contributed by atoms with Gasteiger partial charge in [0.25, 0.3) is 5.91 Å². The van der Waals surface area contributed by atoms with Crippen LogP contribution < -0.4 is 5.32 Å². The van der Waals surface area contributed by atoms with Gasteiger partial charge in [0, 0.05) is 15.9 Å². The van der Waals surface area contributed by atoms with E-state index in [0.29, 0.717) is 15.9 Å². The summed E-state index contributed by atoms with van der Waals surface area (Å²) < 4.78 is 7.39. The number of amides is 1. The lowest BCUT2D eigenvalue weighted by Crippen LogP contribution is -2.23. The molecule has 0 aliphatic rings. The number of aromatic hydroxyl groups is 1. The average Bonchev–Trinajstić information content (AvgIpc) is 2.97. The van der Waals surface area contributed by atoms with E-state index < -0.39 is 18.5 Å². The Hall–Kier alpha value is -3.57. The summed E-state index contributed by atoms with van der Waals surface area (Å²) in [5.41, 5.74) is 2.61. The van der Waals surface area contributed by atoms with Gasteiger partial charge in [-0.1, -0.05) is 34.1 Å². The van der Waals surface area contributed by atoms with Crippen LogP contribution in [0.4, 0.5) is 5.82 Å². The Labute approximate surface area is 181 Å². The lowest BCUT2D eigenvalue weighted by molar-refractivity contribution is -0.119. The molecule has 2 N–H and O–H groups in total. The summed E-state index contributed by atoms with van der Waals surface area (Å²) in [6, 6.07) is 15.7. The Morgan fingerprint density at radius 1 is 1.20 bits per heavy atom. The summed E-state index contributed by atoms with van der Waals surface area (Å²) in [4.78, 5) is 24.7. The van der Waals surface area contributed by atoms with E-state index in [1.807, 2.05) is 37.3 Å². The molecule has 8 heteroatoms. The van der Waals surface area contributed by atoms with Crippen molar-refractivity contribution in [2.24, 2.45) is 0 Å². The van der Waals surface area contributed by atoms with Gasteiger partial charge >= 0.3 is 5.97 Å². The van der Waals surface area contributed by atoms with Gasteiger partial charge in [-0.3, -0.25) is 9.36 Å². The largest absolute Gasteiger partial charge is 0.507 e. The van der Waals surface area contributed by atoms with E-state index in [-0.39, 0.29) is 11.3 Å². The molecule has 0 saturated heterocycles. The fourth-order valence-electron chi connectivity index (χ4n) is 3.01. The van der Waals surface area contributed by atoms with Crippen molar-refractivity contribution >= 4 is 33.6 Å². The number of nitrogens with zero attached hydrogens (tertiary/aromatic N) is 2. The second-order valence-electron chi connectivity index (χ2n) is 6.50. The third kappa shape index (κ3) is 4.21. The molecule has 3 rings (SSSR count). The number of phenols is 1. The van der Waals surface area contributed by atoms with Crippen molar-refractivity contribution < 1.29 is 19.4 Å². The zero-order chi connectivity index (χ0) is 21.8. The molecular weight excluding hydrogens is 450 g/mol. The van der Waals surface area contributed by atoms with E-state index in [1.165, 1.54) is 12.1 Å². The first-order valence-corrected chi connectivity index (χ1v) is 9.75. The second-order valence-corrected chi connectivity index (χ2v) is 7.42. The van der Waals surface area contributed by atoms with E-state index in [2.05, 4.69) is 27.3 Å². The van der Waals surface area contributed by atoms with Gasteiger partial charge in [-0.05, 0) is 49.7 Å². The average molecular weight is 468 g/mol. The number of aromatic nitrogens is 1. The lowest BCUT2D eigenvalue weighted by atomic mass is 10.2. The van der Waals surface area contributed by atoms with Gasteiger partial charge in [0.15, 0.2) is 6.61 Å². The van der Waals surface area contributed by atoms with Crippen molar-refractivity contribution in [3.05, 3.63) is 75.4 Å². The molecule has 0 spiro atoms. The van der Waals surface area contributed by atoms with Gasteiger partial charge in [-0.2, -0.15) is 5.26 Å². The maximum Gasteiger partial charge on any atom is 0.342 e. The predicted molar refractivity (Wildman–Crippen MR) is 115 cm³/mol. The van der Waals surface area contributed by atoms with Crippen LogP contribution in [0.25, 0.3) is 5.69 Å². The number of anilines is 1. The molecule has 2 aromatic carbocycles. The Morgan fingerprint density at radius 3 is 2.57 bits per heavy atom. The number of hydrogen-bond acceptors (Lipinski definition) is 5. The Bertz CT molecular complexity index is 1160. The van der Waals surface area contributed by atoms with Gasteiger partial charge in [-0.15, -0.1) is 0 Å². The van der Waals surface area contributed by atoms with Crippen LogP contribution in [0.2, 0.25) is 0 Å². The van der Waals surface area contributed by atoms with Crippen molar-refractivity contribution in [3.63, 3.8) is 0 Å². The third-order valence-electron chi connectivity index (χ3n) is 4.61. The molecule has 0 unspecified atom stereocenters. The van der Waals surface area contributed by atoms with Crippen LogP contribution in [0.5, 0.6) is 5.75 Å². The number of rotatable bonds is 5. The molecule has 0 aliphatic heterocycles. The number of nitrogens with one attached hydrogen (secondary N) is 1. The first-order chi connectivity index (χ1) is 14.3. The number of halogens is 1. The van der Waals surface area contributed by atoms with Gasteiger partial charge < -0.3 is 15.2 Å². The molecule has 0 atom stereocenters. The summed E-state index contributed by atoms with van der Waals surface area (Å²) in [7, 11) is 0. The highest BCUT2D eigenvalue weighted by molar-refractivity contribution is 9.10. The first kappa shape index (κ1) is 21.1. The van der Waals surface area contributed by atoms with Crippen molar-refractivity contribution in [3.8, 4) is 17.5 Å². The SMILES string of the molecule is Cc1c(C#N)c(NC(=O)COC(=O)c2cc(Br)ccc2O)n(-c2ccccc2)c1C. The number of benzene rings is 2. The molecule has 152 valence electrons. The van der Waals surface area contributed by atoms with E-state index in [1.54, 1.807) is 17.6 Å². The number of phenolic OH excluding ortho intramolecular Hbond substituents is 1. The van der Waals surface area contributed by atoms with E-state index in [0.717, 1.165) is 16.9 Å².